The van der Waals surface area contributed by atoms with Crippen molar-refractivity contribution in [1.29, 1.82) is 0 Å². The van der Waals surface area contributed by atoms with Gasteiger partial charge in [-0.05, 0) is 55.7 Å². The third kappa shape index (κ3) is 5.90. The molecule has 0 spiro atoms. The Kier molecular flexibility index (Phi) is 7.70. The van der Waals surface area contributed by atoms with E-state index in [0.29, 0.717) is 4.88 Å². The molecule has 1 aliphatic carbocycles. The Labute approximate surface area is 178 Å². The normalized spacial score (nSPS) is 21.5. The molecule has 3 N–H and O–H groups in total. The molecule has 3 unspecified atom stereocenters. The lowest BCUT2D eigenvalue weighted by Crippen LogP contribution is -2.27. The smallest absolute Gasteiger partial charge is 0.253 e. The van der Waals surface area contributed by atoms with Crippen LogP contribution in [0.1, 0.15) is 52.8 Å². The molecule has 162 valence electrons. The molecule has 0 bridgehead atoms. The van der Waals surface area contributed by atoms with Crippen LogP contribution in [0.3, 0.4) is 0 Å². The highest BCUT2D eigenvalue weighted by Gasteiger charge is 2.33. The summed E-state index contributed by atoms with van der Waals surface area (Å²) < 4.78 is 32.5. The number of rotatable bonds is 6. The Morgan fingerprint density at radius 2 is 1.97 bits per heavy atom. The average Bonchev–Trinajstić information content (AvgIpc) is 2.97. The topological polar surface area (TPSA) is 75.7 Å². The Morgan fingerprint density at radius 1 is 1.34 bits per heavy atom. The number of thiophene rings is 1. The van der Waals surface area contributed by atoms with Gasteiger partial charge in [-0.25, -0.2) is 8.78 Å². The van der Waals surface area contributed by atoms with Crippen molar-refractivity contribution in [1.82, 2.24) is 0 Å². The third-order valence-electron chi connectivity index (χ3n) is 5.03. The number of hydrogen-bond acceptors (Lipinski definition) is 3. The number of hydrogen-bond donors (Lipinski definition) is 2. The molecule has 0 aromatic carbocycles. The van der Waals surface area contributed by atoms with E-state index in [0.717, 1.165) is 16.9 Å². The van der Waals surface area contributed by atoms with Crippen LogP contribution in [0.15, 0.2) is 38.2 Å². The van der Waals surface area contributed by atoms with Gasteiger partial charge in [0, 0.05) is 22.2 Å². The molecule has 4 nitrogen and oxygen atoms in total. The van der Waals surface area contributed by atoms with Gasteiger partial charge in [0.2, 0.25) is 0 Å². The molecule has 1 heterocycles. The van der Waals surface area contributed by atoms with Gasteiger partial charge in [0.25, 0.3) is 5.91 Å². The maximum atomic E-state index is 14.3. The van der Waals surface area contributed by atoms with Crippen LogP contribution in [-0.4, -0.2) is 11.0 Å². The summed E-state index contributed by atoms with van der Waals surface area (Å²) in [7, 11) is -1.45. The SMILES string of the molecule is CC(C)C1=CC(F)=CC(C(C)C)C1CC(=O)N=S(N)c1sc(C(C)(C)O)cc1F. The van der Waals surface area contributed by atoms with Gasteiger partial charge in [0.1, 0.15) is 15.9 Å². The first kappa shape index (κ1) is 24.1. The largest absolute Gasteiger partial charge is 0.385 e. The molecule has 1 aromatic heterocycles. The summed E-state index contributed by atoms with van der Waals surface area (Å²) in [4.78, 5) is 13.1. The maximum Gasteiger partial charge on any atom is 0.253 e. The van der Waals surface area contributed by atoms with Crippen molar-refractivity contribution < 1.29 is 18.7 Å². The van der Waals surface area contributed by atoms with E-state index in [1.54, 1.807) is 19.9 Å². The predicted molar refractivity (Wildman–Crippen MR) is 115 cm³/mol. The van der Waals surface area contributed by atoms with Gasteiger partial charge in [-0.2, -0.15) is 4.36 Å². The number of carbonyl (C=O) groups is 1. The van der Waals surface area contributed by atoms with Crippen molar-refractivity contribution in [3.63, 3.8) is 0 Å². The fourth-order valence-electron chi connectivity index (χ4n) is 3.52. The van der Waals surface area contributed by atoms with E-state index in [1.807, 2.05) is 27.7 Å². The molecule has 0 saturated carbocycles. The predicted octanol–water partition coefficient (Wildman–Crippen LogP) is 5.40. The van der Waals surface area contributed by atoms with Gasteiger partial charge in [-0.15, -0.1) is 11.3 Å². The lowest BCUT2D eigenvalue weighted by Gasteiger charge is -2.33. The van der Waals surface area contributed by atoms with Crippen molar-refractivity contribution in [3.05, 3.63) is 40.3 Å². The summed E-state index contributed by atoms with van der Waals surface area (Å²) in [5.41, 5.74) is -0.312. The number of allylic oxidation sites excluding steroid dienone is 4. The molecule has 3 atom stereocenters. The lowest BCUT2D eigenvalue weighted by atomic mass is 9.71. The van der Waals surface area contributed by atoms with Crippen LogP contribution in [0.25, 0.3) is 0 Å². The Bertz CT molecular complexity index is 865. The molecular weight excluding hydrogens is 414 g/mol. The van der Waals surface area contributed by atoms with Crippen molar-refractivity contribution in [2.75, 3.05) is 0 Å². The molecule has 8 heteroatoms. The third-order valence-corrected chi connectivity index (χ3v) is 7.98. The van der Waals surface area contributed by atoms with Crippen LogP contribution >= 0.6 is 11.3 Å². The first-order chi connectivity index (χ1) is 13.3. The fourth-order valence-corrected chi connectivity index (χ4v) is 5.64. The van der Waals surface area contributed by atoms with Crippen molar-refractivity contribution in [2.45, 2.75) is 57.8 Å². The second-order valence-electron chi connectivity index (χ2n) is 8.59. The van der Waals surface area contributed by atoms with Gasteiger partial charge >= 0.3 is 0 Å². The number of aliphatic hydroxyl groups is 1. The summed E-state index contributed by atoms with van der Waals surface area (Å²) in [6, 6.07) is 1.23. The standard InChI is InChI=1S/C21H30F2N2O2S2/c1-11(2)14-7-13(22)8-15(12(3)4)16(14)9-19(26)25-29(24)20-17(23)10-18(28-20)21(5,6)27/h7-8,10-12,14,16,27H,9H2,1-6H3,(H2,24,25,26). The molecule has 1 aliphatic rings. The van der Waals surface area contributed by atoms with E-state index in [9.17, 15) is 18.7 Å². The molecule has 0 saturated heterocycles. The maximum absolute atomic E-state index is 14.3. The molecule has 0 fully saturated rings. The molecule has 0 aliphatic heterocycles. The van der Waals surface area contributed by atoms with Gasteiger partial charge in [0.15, 0.2) is 0 Å². The van der Waals surface area contributed by atoms with E-state index in [2.05, 4.69) is 4.36 Å². The Hall–Kier alpha value is -1.22. The molecule has 1 amide bonds. The van der Waals surface area contributed by atoms with Gasteiger partial charge in [-0.3, -0.25) is 9.93 Å². The number of nitrogens with two attached hydrogens (primary N) is 1. The summed E-state index contributed by atoms with van der Waals surface area (Å²) in [6.45, 7) is 11.1. The van der Waals surface area contributed by atoms with E-state index >= 15 is 0 Å². The molecular formula is C21H30F2N2O2S2. The van der Waals surface area contributed by atoms with E-state index in [1.165, 1.54) is 12.1 Å². The second-order valence-corrected chi connectivity index (χ2v) is 11.1. The zero-order chi connectivity index (χ0) is 22.1. The minimum Gasteiger partial charge on any atom is -0.385 e. The highest BCUT2D eigenvalue weighted by Crippen LogP contribution is 2.40. The molecule has 29 heavy (non-hydrogen) atoms. The quantitative estimate of drug-likeness (QED) is 0.616. The van der Waals surface area contributed by atoms with E-state index in [-0.39, 0.29) is 40.1 Å². The first-order valence-corrected chi connectivity index (χ1v) is 11.7. The van der Waals surface area contributed by atoms with Crippen molar-refractivity contribution >= 4 is 28.1 Å². The van der Waals surface area contributed by atoms with Crippen molar-refractivity contribution in [3.8, 4) is 0 Å². The number of carbonyl (C=O) groups excluding carboxylic acids is 1. The fraction of sp³-hybridized carbons (Fsp3) is 0.571. The zero-order valence-corrected chi connectivity index (χ0v) is 19.3. The summed E-state index contributed by atoms with van der Waals surface area (Å²) in [6.07, 6.45) is 3.19. The molecule has 1 aromatic rings. The second kappa shape index (κ2) is 9.29. The highest BCUT2D eigenvalue weighted by molar-refractivity contribution is 7.87. The highest BCUT2D eigenvalue weighted by atomic mass is 32.2. The number of halogens is 2. The van der Waals surface area contributed by atoms with Gasteiger partial charge in [0.05, 0.1) is 5.60 Å². The Balaban J connectivity index is 2.28. The number of amides is 1. The van der Waals surface area contributed by atoms with Gasteiger partial charge in [-0.1, -0.05) is 33.3 Å². The van der Waals surface area contributed by atoms with Crippen LogP contribution in [0, 0.1) is 29.5 Å². The van der Waals surface area contributed by atoms with E-state index in [4.69, 9.17) is 5.14 Å². The van der Waals surface area contributed by atoms with Crippen LogP contribution in [0.5, 0.6) is 0 Å². The minimum absolute atomic E-state index is 0.0914. The summed E-state index contributed by atoms with van der Waals surface area (Å²) >= 11 is 1.02. The number of nitrogens with zero attached hydrogens (tertiary/aromatic N) is 1. The first-order valence-electron chi connectivity index (χ1n) is 9.65. The summed E-state index contributed by atoms with van der Waals surface area (Å²) in [5, 5.41) is 16.1. The zero-order valence-electron chi connectivity index (χ0n) is 17.7. The van der Waals surface area contributed by atoms with Crippen LogP contribution in [-0.2, 0) is 21.3 Å². The molecule has 0 radical (unpaired) electrons. The lowest BCUT2D eigenvalue weighted by molar-refractivity contribution is -0.118. The molecule has 2 rings (SSSR count). The Morgan fingerprint density at radius 3 is 2.45 bits per heavy atom. The monoisotopic (exact) mass is 444 g/mol. The van der Waals surface area contributed by atoms with Crippen LogP contribution < -0.4 is 5.14 Å². The van der Waals surface area contributed by atoms with Crippen LogP contribution in [0.2, 0.25) is 0 Å². The summed E-state index contributed by atoms with van der Waals surface area (Å²) in [5.74, 6) is -1.30. The average molecular weight is 445 g/mol. The van der Waals surface area contributed by atoms with Gasteiger partial charge < -0.3 is 5.11 Å². The van der Waals surface area contributed by atoms with Crippen LogP contribution in [0.4, 0.5) is 8.78 Å². The van der Waals surface area contributed by atoms with Crippen molar-refractivity contribution in [2.24, 2.45) is 33.2 Å². The minimum atomic E-state index is -1.45. The van der Waals surface area contributed by atoms with E-state index < -0.39 is 28.2 Å².